The molecule has 0 unspecified atom stereocenters. The zero-order valence-electron chi connectivity index (χ0n) is 13.7. The van der Waals surface area contributed by atoms with Crippen LogP contribution in [-0.4, -0.2) is 29.6 Å². The van der Waals surface area contributed by atoms with Crippen molar-refractivity contribution >= 4 is 42.9 Å². The van der Waals surface area contributed by atoms with Crippen LogP contribution in [0.1, 0.15) is 0 Å². The van der Waals surface area contributed by atoms with E-state index in [1.54, 1.807) is 41.8 Å². The van der Waals surface area contributed by atoms with Gasteiger partial charge in [0.2, 0.25) is 0 Å². The van der Waals surface area contributed by atoms with E-state index in [1.807, 2.05) is 24.4 Å². The molecule has 8 heteroatoms. The number of benzene rings is 1. The molecule has 1 N–H and O–H groups in total. The maximum atomic E-state index is 11.6. The van der Waals surface area contributed by atoms with Crippen molar-refractivity contribution < 1.29 is 8.42 Å². The van der Waals surface area contributed by atoms with Gasteiger partial charge in [0.25, 0.3) is 0 Å². The number of aromatic nitrogens is 3. The predicted octanol–water partition coefficient (Wildman–Crippen LogP) is 3.90. The first-order chi connectivity index (χ1) is 12.5. The van der Waals surface area contributed by atoms with E-state index in [0.29, 0.717) is 5.82 Å². The number of nitrogens with one attached hydrogen (secondary N) is 1. The number of fused-ring (bicyclic) bond motifs is 1. The highest BCUT2D eigenvalue weighted by Crippen LogP contribution is 2.35. The van der Waals surface area contributed by atoms with Gasteiger partial charge < -0.3 is 5.32 Å². The van der Waals surface area contributed by atoms with Crippen LogP contribution in [-0.2, 0) is 9.84 Å². The molecule has 0 amide bonds. The summed E-state index contributed by atoms with van der Waals surface area (Å²) in [6.07, 6.45) is 6.26. The first-order valence-corrected chi connectivity index (χ1v) is 10.4. The number of sulfone groups is 1. The summed E-state index contributed by atoms with van der Waals surface area (Å²) in [6.45, 7) is 0. The minimum absolute atomic E-state index is 0.283. The molecule has 0 aliphatic rings. The third-order valence-corrected chi connectivity index (χ3v) is 6.04. The fraction of sp³-hybridized carbons (Fsp3) is 0.0556. The lowest BCUT2D eigenvalue weighted by Crippen LogP contribution is -1.98. The highest BCUT2D eigenvalue weighted by atomic mass is 32.2. The Morgan fingerprint density at radius 3 is 2.58 bits per heavy atom. The Labute approximate surface area is 154 Å². The van der Waals surface area contributed by atoms with Crippen molar-refractivity contribution in [2.24, 2.45) is 0 Å². The average Bonchev–Trinajstić information content (AvgIpc) is 3.08. The quantitative estimate of drug-likeness (QED) is 0.576. The van der Waals surface area contributed by atoms with Crippen molar-refractivity contribution in [1.29, 1.82) is 0 Å². The molecule has 0 spiro atoms. The average molecular weight is 382 g/mol. The molecule has 3 heterocycles. The number of anilines is 2. The van der Waals surface area contributed by atoms with Gasteiger partial charge in [0.05, 0.1) is 10.3 Å². The van der Waals surface area contributed by atoms with Crippen LogP contribution in [0.25, 0.3) is 20.7 Å². The molecule has 0 saturated carbocycles. The molecular weight excluding hydrogens is 368 g/mol. The molecule has 0 saturated heterocycles. The van der Waals surface area contributed by atoms with Crippen LogP contribution in [0.3, 0.4) is 0 Å². The van der Waals surface area contributed by atoms with Gasteiger partial charge in [-0.15, -0.1) is 11.3 Å². The topological polar surface area (TPSA) is 84.8 Å². The normalized spacial score (nSPS) is 11.6. The van der Waals surface area contributed by atoms with Gasteiger partial charge in [-0.3, -0.25) is 4.98 Å². The van der Waals surface area contributed by atoms with Crippen molar-refractivity contribution in [1.82, 2.24) is 15.0 Å². The molecule has 4 rings (SSSR count). The van der Waals surface area contributed by atoms with Crippen molar-refractivity contribution in [2.75, 3.05) is 11.6 Å². The summed E-state index contributed by atoms with van der Waals surface area (Å²) in [5, 5.41) is 4.14. The number of hydrogen-bond donors (Lipinski definition) is 1. The van der Waals surface area contributed by atoms with Gasteiger partial charge in [-0.05, 0) is 36.4 Å². The first kappa shape index (κ1) is 16.6. The minimum atomic E-state index is -3.21. The zero-order valence-corrected chi connectivity index (χ0v) is 15.4. The summed E-state index contributed by atoms with van der Waals surface area (Å²) in [4.78, 5) is 15.0. The molecule has 6 nitrogen and oxygen atoms in total. The molecule has 0 aliphatic heterocycles. The summed E-state index contributed by atoms with van der Waals surface area (Å²) >= 11 is 1.57. The minimum Gasteiger partial charge on any atom is -0.340 e. The van der Waals surface area contributed by atoms with E-state index in [4.69, 9.17) is 0 Å². The Hall–Kier alpha value is -2.84. The molecular formula is C18H14N4O2S2. The zero-order chi connectivity index (χ0) is 18.1. The molecule has 0 fully saturated rings. The first-order valence-electron chi connectivity index (χ1n) is 7.73. The van der Waals surface area contributed by atoms with Crippen molar-refractivity contribution in [2.45, 2.75) is 4.90 Å². The second kappa shape index (κ2) is 6.47. The van der Waals surface area contributed by atoms with Gasteiger partial charge in [-0.25, -0.2) is 18.4 Å². The van der Waals surface area contributed by atoms with Crippen molar-refractivity contribution in [3.05, 3.63) is 61.2 Å². The highest BCUT2D eigenvalue weighted by Gasteiger charge is 2.11. The van der Waals surface area contributed by atoms with Gasteiger partial charge in [-0.1, -0.05) is 6.07 Å². The molecule has 0 bridgehead atoms. The van der Waals surface area contributed by atoms with E-state index < -0.39 is 9.84 Å². The monoisotopic (exact) mass is 382 g/mol. The Morgan fingerprint density at radius 2 is 1.88 bits per heavy atom. The van der Waals surface area contributed by atoms with E-state index in [1.165, 1.54) is 12.6 Å². The van der Waals surface area contributed by atoms with Crippen LogP contribution in [0.5, 0.6) is 0 Å². The van der Waals surface area contributed by atoms with Gasteiger partial charge in [0.15, 0.2) is 9.84 Å². The summed E-state index contributed by atoms with van der Waals surface area (Å²) in [7, 11) is -3.21. The van der Waals surface area contributed by atoms with Crippen LogP contribution < -0.4 is 5.32 Å². The lowest BCUT2D eigenvalue weighted by Gasteiger charge is -2.07. The number of nitrogens with zero attached hydrogens (tertiary/aromatic N) is 3. The fourth-order valence-corrected chi connectivity index (χ4v) is 4.15. The maximum absolute atomic E-state index is 11.6. The molecule has 26 heavy (non-hydrogen) atoms. The van der Waals surface area contributed by atoms with E-state index in [-0.39, 0.29) is 4.90 Å². The smallest absolute Gasteiger partial charge is 0.175 e. The summed E-state index contributed by atoms with van der Waals surface area (Å²) < 4.78 is 23.1. The standard InChI is InChI=1S/C18H14N4O2S2/c1-26(23,24)14-6-4-13(5-7-14)22-17-15-9-16(12-3-2-8-19-10-12)25-18(15)21-11-20-17/h2-11H,1H3,(H,20,21,22). The summed E-state index contributed by atoms with van der Waals surface area (Å²) in [6, 6.07) is 12.5. The number of rotatable bonds is 4. The largest absolute Gasteiger partial charge is 0.340 e. The SMILES string of the molecule is CS(=O)(=O)c1ccc(Nc2ncnc3sc(-c4cccnc4)cc23)cc1. The molecule has 3 aromatic heterocycles. The van der Waals surface area contributed by atoms with Crippen molar-refractivity contribution in [3.63, 3.8) is 0 Å². The Balaban J connectivity index is 1.70. The molecule has 130 valence electrons. The highest BCUT2D eigenvalue weighted by molar-refractivity contribution is 7.90. The van der Waals surface area contributed by atoms with Crippen LogP contribution in [0.4, 0.5) is 11.5 Å². The van der Waals surface area contributed by atoms with Gasteiger partial charge >= 0.3 is 0 Å². The third-order valence-electron chi connectivity index (χ3n) is 3.82. The van der Waals surface area contributed by atoms with Gasteiger partial charge in [-0.2, -0.15) is 0 Å². The lowest BCUT2D eigenvalue weighted by molar-refractivity contribution is 0.602. The maximum Gasteiger partial charge on any atom is 0.175 e. The van der Waals surface area contributed by atoms with Crippen LogP contribution >= 0.6 is 11.3 Å². The second-order valence-corrected chi connectivity index (χ2v) is 8.76. The Morgan fingerprint density at radius 1 is 1.08 bits per heavy atom. The molecule has 1 aromatic carbocycles. The van der Waals surface area contributed by atoms with Crippen LogP contribution in [0.15, 0.2) is 66.1 Å². The van der Waals surface area contributed by atoms with E-state index >= 15 is 0 Å². The third kappa shape index (κ3) is 3.29. The predicted molar refractivity (Wildman–Crippen MR) is 103 cm³/mol. The number of pyridine rings is 1. The number of hydrogen-bond acceptors (Lipinski definition) is 7. The molecule has 0 aliphatic carbocycles. The van der Waals surface area contributed by atoms with E-state index in [0.717, 1.165) is 26.3 Å². The Bertz CT molecular complexity index is 1170. The van der Waals surface area contributed by atoms with E-state index in [9.17, 15) is 8.42 Å². The fourth-order valence-electron chi connectivity index (χ4n) is 2.53. The molecule has 0 radical (unpaired) electrons. The Kier molecular flexibility index (Phi) is 4.14. The molecule has 0 atom stereocenters. The summed E-state index contributed by atoms with van der Waals surface area (Å²) in [5.74, 6) is 0.675. The van der Waals surface area contributed by atoms with Gasteiger partial charge in [0, 0.05) is 34.8 Å². The van der Waals surface area contributed by atoms with Crippen LogP contribution in [0.2, 0.25) is 0 Å². The second-order valence-electron chi connectivity index (χ2n) is 5.71. The summed E-state index contributed by atoms with van der Waals surface area (Å²) in [5.41, 5.74) is 1.78. The van der Waals surface area contributed by atoms with Crippen molar-refractivity contribution in [3.8, 4) is 10.4 Å². The van der Waals surface area contributed by atoms with E-state index in [2.05, 4.69) is 20.3 Å². The van der Waals surface area contributed by atoms with Crippen LogP contribution in [0, 0.1) is 0 Å². The molecule has 4 aromatic rings. The van der Waals surface area contributed by atoms with Gasteiger partial charge in [0.1, 0.15) is 17.0 Å². The number of thiophene rings is 1. The lowest BCUT2D eigenvalue weighted by atomic mass is 10.2.